The third-order valence-electron chi connectivity index (χ3n) is 3.71. The predicted molar refractivity (Wildman–Crippen MR) is 102 cm³/mol. The highest BCUT2D eigenvalue weighted by Gasteiger charge is 2.02. The van der Waals surface area contributed by atoms with E-state index in [1.165, 1.54) is 5.56 Å². The van der Waals surface area contributed by atoms with E-state index in [0.29, 0.717) is 19.5 Å². The number of aryl methyl sites for hydroxylation is 1. The Labute approximate surface area is 151 Å². The molecule has 0 saturated heterocycles. The van der Waals surface area contributed by atoms with Gasteiger partial charge in [0.15, 0.2) is 0 Å². The molecular weight excluding hydrogens is 368 g/mol. The standard InChI is InChI=1S/C19H23BrN2O2/c1-14-12-16(6-7-18(14)20)21-11-9-19(23)22-10-8-15-4-3-5-17(13-15)24-2/h3-7,12-13,21H,8-11H2,1-2H3,(H,22,23). The number of methoxy groups -OCH3 is 1. The molecule has 2 aromatic rings. The molecule has 0 fully saturated rings. The van der Waals surface area contributed by atoms with Crippen LogP contribution >= 0.6 is 15.9 Å². The number of benzene rings is 2. The van der Waals surface area contributed by atoms with Gasteiger partial charge in [0.05, 0.1) is 7.11 Å². The number of nitrogens with one attached hydrogen (secondary N) is 2. The van der Waals surface area contributed by atoms with Gasteiger partial charge in [0.25, 0.3) is 0 Å². The maximum atomic E-state index is 11.9. The van der Waals surface area contributed by atoms with Crippen LogP contribution < -0.4 is 15.4 Å². The molecule has 0 unspecified atom stereocenters. The minimum Gasteiger partial charge on any atom is -0.497 e. The van der Waals surface area contributed by atoms with E-state index >= 15 is 0 Å². The monoisotopic (exact) mass is 390 g/mol. The van der Waals surface area contributed by atoms with Crippen molar-refractivity contribution in [3.63, 3.8) is 0 Å². The number of carbonyl (C=O) groups is 1. The molecule has 0 aliphatic heterocycles. The first kappa shape index (κ1) is 18.3. The van der Waals surface area contributed by atoms with Gasteiger partial charge in [-0.1, -0.05) is 28.1 Å². The lowest BCUT2D eigenvalue weighted by Gasteiger charge is -2.09. The molecule has 24 heavy (non-hydrogen) atoms. The molecule has 2 N–H and O–H groups in total. The number of hydrogen-bond acceptors (Lipinski definition) is 3. The summed E-state index contributed by atoms with van der Waals surface area (Å²) < 4.78 is 6.28. The summed E-state index contributed by atoms with van der Waals surface area (Å²) in [6, 6.07) is 14.0. The van der Waals surface area contributed by atoms with Crippen molar-refractivity contribution in [2.75, 3.05) is 25.5 Å². The van der Waals surface area contributed by atoms with Crippen LogP contribution in [0, 0.1) is 6.92 Å². The van der Waals surface area contributed by atoms with Gasteiger partial charge in [-0.05, 0) is 54.8 Å². The van der Waals surface area contributed by atoms with E-state index in [1.807, 2.05) is 43.3 Å². The molecule has 128 valence electrons. The fraction of sp³-hybridized carbons (Fsp3) is 0.316. The Morgan fingerprint density at radius 2 is 2.00 bits per heavy atom. The molecular formula is C19H23BrN2O2. The van der Waals surface area contributed by atoms with Crippen molar-refractivity contribution < 1.29 is 9.53 Å². The summed E-state index contributed by atoms with van der Waals surface area (Å²) in [6.45, 7) is 3.29. The maximum Gasteiger partial charge on any atom is 0.221 e. The van der Waals surface area contributed by atoms with Gasteiger partial charge < -0.3 is 15.4 Å². The van der Waals surface area contributed by atoms with Gasteiger partial charge in [0.2, 0.25) is 5.91 Å². The van der Waals surface area contributed by atoms with Gasteiger partial charge in [0.1, 0.15) is 5.75 Å². The quantitative estimate of drug-likeness (QED) is 0.717. The molecule has 0 atom stereocenters. The minimum absolute atomic E-state index is 0.0548. The highest BCUT2D eigenvalue weighted by molar-refractivity contribution is 9.10. The fourth-order valence-corrected chi connectivity index (χ4v) is 2.58. The molecule has 0 bridgehead atoms. The van der Waals surface area contributed by atoms with E-state index in [4.69, 9.17) is 4.74 Å². The zero-order valence-corrected chi connectivity index (χ0v) is 15.7. The molecule has 2 aromatic carbocycles. The van der Waals surface area contributed by atoms with Crippen LogP contribution in [-0.4, -0.2) is 26.1 Å². The number of anilines is 1. The number of amides is 1. The van der Waals surface area contributed by atoms with Gasteiger partial charge in [-0.15, -0.1) is 0 Å². The van der Waals surface area contributed by atoms with E-state index in [9.17, 15) is 4.79 Å². The first-order valence-electron chi connectivity index (χ1n) is 7.98. The van der Waals surface area contributed by atoms with Crippen LogP contribution in [0.4, 0.5) is 5.69 Å². The minimum atomic E-state index is 0.0548. The Morgan fingerprint density at radius 1 is 1.17 bits per heavy atom. The number of halogens is 1. The Morgan fingerprint density at radius 3 is 2.75 bits per heavy atom. The van der Waals surface area contributed by atoms with Crippen LogP contribution in [0.1, 0.15) is 17.5 Å². The Kier molecular flexibility index (Phi) is 7.12. The normalized spacial score (nSPS) is 10.3. The summed E-state index contributed by atoms with van der Waals surface area (Å²) in [4.78, 5) is 11.9. The summed E-state index contributed by atoms with van der Waals surface area (Å²) in [6.07, 6.45) is 1.25. The average molecular weight is 391 g/mol. The fourth-order valence-electron chi connectivity index (χ4n) is 2.34. The SMILES string of the molecule is COc1cccc(CCNC(=O)CCNc2ccc(Br)c(C)c2)c1. The first-order valence-corrected chi connectivity index (χ1v) is 8.77. The molecule has 0 heterocycles. The first-order chi connectivity index (χ1) is 11.6. The Bertz CT molecular complexity index is 689. The van der Waals surface area contributed by atoms with Crippen LogP contribution in [-0.2, 0) is 11.2 Å². The summed E-state index contributed by atoms with van der Waals surface area (Å²) >= 11 is 3.48. The number of rotatable bonds is 8. The zero-order chi connectivity index (χ0) is 17.4. The molecule has 0 spiro atoms. The smallest absolute Gasteiger partial charge is 0.221 e. The van der Waals surface area contributed by atoms with Crippen molar-refractivity contribution in [2.45, 2.75) is 19.8 Å². The van der Waals surface area contributed by atoms with Gasteiger partial charge in [-0.25, -0.2) is 0 Å². The van der Waals surface area contributed by atoms with Crippen molar-refractivity contribution in [3.05, 3.63) is 58.1 Å². The molecule has 5 heteroatoms. The largest absolute Gasteiger partial charge is 0.497 e. The zero-order valence-electron chi connectivity index (χ0n) is 14.1. The second kappa shape index (κ2) is 9.33. The van der Waals surface area contributed by atoms with E-state index in [1.54, 1.807) is 7.11 Å². The molecule has 0 aromatic heterocycles. The molecule has 0 radical (unpaired) electrons. The van der Waals surface area contributed by atoms with Gasteiger partial charge >= 0.3 is 0 Å². The molecule has 2 rings (SSSR count). The highest BCUT2D eigenvalue weighted by Crippen LogP contribution is 2.19. The number of carbonyl (C=O) groups excluding carboxylic acids is 1. The van der Waals surface area contributed by atoms with Crippen LogP contribution in [0.15, 0.2) is 46.9 Å². The average Bonchev–Trinajstić information content (AvgIpc) is 2.58. The van der Waals surface area contributed by atoms with E-state index in [-0.39, 0.29) is 5.91 Å². The lowest BCUT2D eigenvalue weighted by Crippen LogP contribution is -2.27. The molecule has 0 saturated carbocycles. The molecule has 1 amide bonds. The van der Waals surface area contributed by atoms with E-state index < -0.39 is 0 Å². The van der Waals surface area contributed by atoms with Crippen LogP contribution in [0.3, 0.4) is 0 Å². The van der Waals surface area contributed by atoms with Crippen molar-refractivity contribution in [2.24, 2.45) is 0 Å². The summed E-state index contributed by atoms with van der Waals surface area (Å²) in [7, 11) is 1.65. The third kappa shape index (κ3) is 5.89. The van der Waals surface area contributed by atoms with Crippen LogP contribution in [0.25, 0.3) is 0 Å². The Hall–Kier alpha value is -2.01. The predicted octanol–water partition coefficient (Wildman–Crippen LogP) is 3.93. The Balaban J connectivity index is 1.67. The van der Waals surface area contributed by atoms with Crippen LogP contribution in [0.5, 0.6) is 5.75 Å². The van der Waals surface area contributed by atoms with Crippen molar-refractivity contribution >= 4 is 27.5 Å². The topological polar surface area (TPSA) is 50.4 Å². The van der Waals surface area contributed by atoms with E-state index in [0.717, 1.165) is 27.9 Å². The molecule has 0 aliphatic rings. The van der Waals surface area contributed by atoms with Crippen molar-refractivity contribution in [1.29, 1.82) is 0 Å². The van der Waals surface area contributed by atoms with Crippen molar-refractivity contribution in [1.82, 2.24) is 5.32 Å². The summed E-state index contributed by atoms with van der Waals surface area (Å²) in [5, 5.41) is 6.22. The summed E-state index contributed by atoms with van der Waals surface area (Å²) in [5.41, 5.74) is 3.35. The second-order valence-corrected chi connectivity index (χ2v) is 6.45. The van der Waals surface area contributed by atoms with Gasteiger partial charge in [-0.3, -0.25) is 4.79 Å². The molecule has 0 aliphatic carbocycles. The summed E-state index contributed by atoms with van der Waals surface area (Å²) in [5.74, 6) is 0.895. The number of ether oxygens (including phenoxy) is 1. The van der Waals surface area contributed by atoms with Crippen LogP contribution in [0.2, 0.25) is 0 Å². The van der Waals surface area contributed by atoms with E-state index in [2.05, 4.69) is 32.6 Å². The lowest BCUT2D eigenvalue weighted by molar-refractivity contribution is -0.120. The second-order valence-electron chi connectivity index (χ2n) is 5.59. The van der Waals surface area contributed by atoms with Crippen molar-refractivity contribution in [3.8, 4) is 5.75 Å². The molecule has 4 nitrogen and oxygen atoms in total. The number of hydrogen-bond donors (Lipinski definition) is 2. The van der Waals surface area contributed by atoms with Gasteiger partial charge in [0, 0.05) is 29.7 Å². The lowest BCUT2D eigenvalue weighted by atomic mass is 10.1. The van der Waals surface area contributed by atoms with Gasteiger partial charge in [-0.2, -0.15) is 0 Å². The third-order valence-corrected chi connectivity index (χ3v) is 4.60. The highest BCUT2D eigenvalue weighted by atomic mass is 79.9. The maximum absolute atomic E-state index is 11.9.